The Morgan fingerprint density at radius 3 is 2.34 bits per heavy atom. The zero-order valence-corrected chi connectivity index (χ0v) is 19.1. The highest BCUT2D eigenvalue weighted by Crippen LogP contribution is 2.19. The summed E-state index contributed by atoms with van der Waals surface area (Å²) in [7, 11) is 3.34. The lowest BCUT2D eigenvalue weighted by Crippen LogP contribution is -2.26. The van der Waals surface area contributed by atoms with Crippen molar-refractivity contribution in [2.75, 3.05) is 32.3 Å². The first-order valence-electron chi connectivity index (χ1n) is 10.0. The van der Waals surface area contributed by atoms with Crippen LogP contribution in [0.2, 0.25) is 0 Å². The highest BCUT2D eigenvalue weighted by atomic mass is 32.2. The van der Waals surface area contributed by atoms with Gasteiger partial charge in [-0.15, -0.1) is 11.8 Å². The fourth-order valence-electron chi connectivity index (χ4n) is 3.04. The van der Waals surface area contributed by atoms with Crippen LogP contribution in [0.25, 0.3) is 0 Å². The zero-order valence-electron chi connectivity index (χ0n) is 18.3. The second-order valence-electron chi connectivity index (χ2n) is 7.10. The largest absolute Gasteiger partial charge is 0.497 e. The number of methoxy groups -OCH3 is 1. The summed E-state index contributed by atoms with van der Waals surface area (Å²) in [5, 5.41) is 2.76. The third kappa shape index (κ3) is 6.52. The molecule has 0 fully saturated rings. The lowest BCUT2D eigenvalue weighted by Gasteiger charge is -2.18. The summed E-state index contributed by atoms with van der Waals surface area (Å²) in [4.78, 5) is 27.7. The lowest BCUT2D eigenvalue weighted by molar-refractivity contribution is -0.118. The summed E-state index contributed by atoms with van der Waals surface area (Å²) in [6, 6.07) is 22.0. The first-order chi connectivity index (χ1) is 15.5. The summed E-state index contributed by atoms with van der Waals surface area (Å²) in [5.74, 6) is 0.801. The van der Waals surface area contributed by atoms with Crippen LogP contribution in [-0.4, -0.2) is 43.7 Å². The molecule has 0 aliphatic rings. The molecule has 1 N–H and O–H groups in total. The van der Waals surface area contributed by atoms with E-state index in [4.69, 9.17) is 9.47 Å². The van der Waals surface area contributed by atoms with Crippen molar-refractivity contribution >= 4 is 29.3 Å². The number of thioether (sulfide) groups is 1. The Bertz CT molecular complexity index is 1050. The first-order valence-corrected chi connectivity index (χ1v) is 11.3. The van der Waals surface area contributed by atoms with Gasteiger partial charge in [0, 0.05) is 35.8 Å². The molecule has 0 heterocycles. The van der Waals surface area contributed by atoms with E-state index in [1.54, 1.807) is 79.4 Å². The van der Waals surface area contributed by atoms with Crippen LogP contribution in [0.1, 0.15) is 15.9 Å². The van der Waals surface area contributed by atoms with Crippen LogP contribution in [0.3, 0.4) is 0 Å². The monoisotopic (exact) mass is 450 g/mol. The highest BCUT2D eigenvalue weighted by Gasteiger charge is 2.13. The van der Waals surface area contributed by atoms with E-state index < -0.39 is 0 Å². The minimum atomic E-state index is -0.286. The minimum Gasteiger partial charge on any atom is -0.497 e. The van der Waals surface area contributed by atoms with Crippen LogP contribution in [-0.2, 0) is 11.3 Å². The number of hydrogen-bond acceptors (Lipinski definition) is 5. The molecular weight excluding hydrogens is 424 g/mol. The van der Waals surface area contributed by atoms with Gasteiger partial charge < -0.3 is 19.7 Å². The fraction of sp³-hybridized carbons (Fsp3) is 0.200. The number of nitrogens with zero attached hydrogens (tertiary/aromatic N) is 1. The van der Waals surface area contributed by atoms with Gasteiger partial charge in [-0.05, 0) is 60.4 Å². The van der Waals surface area contributed by atoms with Gasteiger partial charge in [-0.1, -0.05) is 18.2 Å². The van der Waals surface area contributed by atoms with Gasteiger partial charge in [-0.25, -0.2) is 0 Å². The predicted octanol–water partition coefficient (Wildman–Crippen LogP) is 4.71. The highest BCUT2D eigenvalue weighted by molar-refractivity contribution is 7.98. The van der Waals surface area contributed by atoms with Gasteiger partial charge in [-0.2, -0.15) is 0 Å². The summed E-state index contributed by atoms with van der Waals surface area (Å²) in [6.07, 6.45) is 2.03. The Hall–Kier alpha value is -3.45. The molecule has 0 atom stereocenters. The SMILES string of the molecule is COc1cccc(NC(=O)COc2ccc(C(=O)N(C)Cc3ccc(SC)cc3)cc2)c1. The van der Waals surface area contributed by atoms with Gasteiger partial charge in [0.2, 0.25) is 0 Å². The van der Waals surface area contributed by atoms with E-state index in [-0.39, 0.29) is 18.4 Å². The molecule has 32 heavy (non-hydrogen) atoms. The van der Waals surface area contributed by atoms with Crippen molar-refractivity contribution in [1.82, 2.24) is 4.90 Å². The van der Waals surface area contributed by atoms with E-state index in [9.17, 15) is 9.59 Å². The minimum absolute atomic E-state index is 0.0822. The topological polar surface area (TPSA) is 67.9 Å². The van der Waals surface area contributed by atoms with Crippen molar-refractivity contribution < 1.29 is 19.1 Å². The summed E-state index contributed by atoms with van der Waals surface area (Å²) in [5.41, 5.74) is 2.26. The Morgan fingerprint density at radius 1 is 0.969 bits per heavy atom. The molecule has 0 bridgehead atoms. The molecule has 6 nitrogen and oxygen atoms in total. The van der Waals surface area contributed by atoms with Crippen LogP contribution in [0.4, 0.5) is 5.69 Å². The van der Waals surface area contributed by atoms with Crippen LogP contribution >= 0.6 is 11.8 Å². The lowest BCUT2D eigenvalue weighted by atomic mass is 10.1. The van der Waals surface area contributed by atoms with Crippen molar-refractivity contribution in [3.63, 3.8) is 0 Å². The van der Waals surface area contributed by atoms with E-state index >= 15 is 0 Å². The third-order valence-corrected chi connectivity index (χ3v) is 5.49. The van der Waals surface area contributed by atoms with E-state index in [0.717, 1.165) is 5.56 Å². The number of benzene rings is 3. The first kappa shape index (κ1) is 23.2. The van der Waals surface area contributed by atoms with E-state index in [2.05, 4.69) is 17.4 Å². The quantitative estimate of drug-likeness (QED) is 0.479. The van der Waals surface area contributed by atoms with E-state index in [1.807, 2.05) is 18.4 Å². The van der Waals surface area contributed by atoms with Crippen LogP contribution in [0, 0.1) is 0 Å². The Morgan fingerprint density at radius 2 is 1.69 bits per heavy atom. The summed E-state index contributed by atoms with van der Waals surface area (Å²) < 4.78 is 10.7. The number of carbonyl (C=O) groups is 2. The summed E-state index contributed by atoms with van der Waals surface area (Å²) >= 11 is 1.69. The fourth-order valence-corrected chi connectivity index (χ4v) is 3.45. The molecule has 3 aromatic rings. The normalized spacial score (nSPS) is 10.3. The van der Waals surface area contributed by atoms with Crippen molar-refractivity contribution in [1.29, 1.82) is 0 Å². The molecule has 0 aromatic heterocycles. The number of ether oxygens (including phenoxy) is 2. The summed E-state index contributed by atoms with van der Waals surface area (Å²) in [6.45, 7) is 0.382. The number of nitrogens with one attached hydrogen (secondary N) is 1. The molecule has 0 saturated carbocycles. The second kappa shape index (κ2) is 11.2. The molecule has 0 aliphatic heterocycles. The van der Waals surface area contributed by atoms with Crippen molar-refractivity contribution in [2.24, 2.45) is 0 Å². The van der Waals surface area contributed by atoms with Gasteiger partial charge in [0.1, 0.15) is 11.5 Å². The molecule has 2 amide bonds. The number of anilines is 1. The molecule has 3 aromatic carbocycles. The van der Waals surface area contributed by atoms with E-state index in [0.29, 0.717) is 29.3 Å². The Kier molecular flexibility index (Phi) is 8.16. The van der Waals surface area contributed by atoms with Gasteiger partial charge in [0.25, 0.3) is 11.8 Å². The Labute approximate surface area is 192 Å². The van der Waals surface area contributed by atoms with Crippen molar-refractivity contribution in [2.45, 2.75) is 11.4 Å². The van der Waals surface area contributed by atoms with Gasteiger partial charge in [0.15, 0.2) is 6.61 Å². The maximum Gasteiger partial charge on any atom is 0.262 e. The number of amides is 2. The standard InChI is InChI=1S/C25H26N2O4S/c1-27(16-18-7-13-23(32-3)14-8-18)25(29)19-9-11-21(12-10-19)31-17-24(28)26-20-5-4-6-22(15-20)30-2/h4-15H,16-17H2,1-3H3,(H,26,28). The molecule has 7 heteroatoms. The number of hydrogen-bond donors (Lipinski definition) is 1. The van der Waals surface area contributed by atoms with Crippen LogP contribution < -0.4 is 14.8 Å². The van der Waals surface area contributed by atoms with Crippen molar-refractivity contribution in [3.8, 4) is 11.5 Å². The average molecular weight is 451 g/mol. The average Bonchev–Trinajstić information content (AvgIpc) is 2.83. The number of carbonyl (C=O) groups excluding carboxylic acids is 2. The molecule has 3 rings (SSSR count). The van der Waals surface area contributed by atoms with Crippen molar-refractivity contribution in [3.05, 3.63) is 83.9 Å². The van der Waals surface area contributed by atoms with Gasteiger partial charge in [-0.3, -0.25) is 9.59 Å². The molecule has 0 aliphatic carbocycles. The Balaban J connectivity index is 1.51. The molecule has 0 spiro atoms. The predicted molar refractivity (Wildman–Crippen MR) is 128 cm³/mol. The molecular formula is C25H26N2O4S. The van der Waals surface area contributed by atoms with Crippen LogP contribution in [0.5, 0.6) is 11.5 Å². The number of rotatable bonds is 9. The maximum absolute atomic E-state index is 12.7. The molecule has 0 radical (unpaired) electrons. The van der Waals surface area contributed by atoms with E-state index in [1.165, 1.54) is 4.90 Å². The molecule has 0 unspecified atom stereocenters. The van der Waals surface area contributed by atoms with Gasteiger partial charge >= 0.3 is 0 Å². The maximum atomic E-state index is 12.7. The molecule has 0 saturated heterocycles. The third-order valence-electron chi connectivity index (χ3n) is 4.75. The second-order valence-corrected chi connectivity index (χ2v) is 7.98. The van der Waals surface area contributed by atoms with Crippen LogP contribution in [0.15, 0.2) is 77.7 Å². The van der Waals surface area contributed by atoms with Gasteiger partial charge in [0.05, 0.1) is 7.11 Å². The molecule has 166 valence electrons. The zero-order chi connectivity index (χ0) is 22.9. The smallest absolute Gasteiger partial charge is 0.262 e.